The Morgan fingerprint density at radius 1 is 0.842 bits per heavy atom. The molecule has 0 amide bonds. The van der Waals surface area contributed by atoms with Crippen LogP contribution in [0.1, 0.15) is 60.8 Å². The number of nitrogens with zero attached hydrogens (tertiary/aromatic N) is 1. The molecule has 0 aromatic heterocycles. The van der Waals surface area contributed by atoms with Gasteiger partial charge in [-0.05, 0) is 56.0 Å². The minimum atomic E-state index is 0.767. The van der Waals surface area contributed by atoms with Crippen LogP contribution in [0, 0.1) is 23.7 Å². The van der Waals surface area contributed by atoms with Crippen molar-refractivity contribution in [3.63, 3.8) is 0 Å². The Balaban J connectivity index is 4.07. The Kier molecular flexibility index (Phi) is 10.6. The van der Waals surface area contributed by atoms with E-state index in [1.54, 1.807) is 0 Å². The first-order valence-electron chi connectivity index (χ1n) is 8.29. The zero-order valence-corrected chi connectivity index (χ0v) is 14.3. The number of hydrogen-bond acceptors (Lipinski definition) is 2. The molecule has 19 heavy (non-hydrogen) atoms. The van der Waals surface area contributed by atoms with Gasteiger partial charge in [-0.3, -0.25) is 0 Å². The van der Waals surface area contributed by atoms with E-state index >= 15 is 0 Å². The maximum atomic E-state index is 5.72. The van der Waals surface area contributed by atoms with Gasteiger partial charge in [0.25, 0.3) is 0 Å². The Bertz CT molecular complexity index is 189. The lowest BCUT2D eigenvalue weighted by atomic mass is 9.88. The predicted octanol–water partition coefficient (Wildman–Crippen LogP) is 4.00. The van der Waals surface area contributed by atoms with Crippen LogP contribution in [-0.4, -0.2) is 31.1 Å². The molecule has 0 saturated heterocycles. The SMILES string of the molecule is CC(C)CN(CCCC(CCN)C(C)C)CC(C)C. The summed E-state index contributed by atoms with van der Waals surface area (Å²) in [6.45, 7) is 18.5. The van der Waals surface area contributed by atoms with Crippen LogP contribution in [0.4, 0.5) is 0 Å². The van der Waals surface area contributed by atoms with Crippen molar-refractivity contribution in [2.75, 3.05) is 26.2 Å². The van der Waals surface area contributed by atoms with Crippen LogP contribution in [0.3, 0.4) is 0 Å². The van der Waals surface area contributed by atoms with E-state index in [1.807, 2.05) is 0 Å². The maximum absolute atomic E-state index is 5.72. The van der Waals surface area contributed by atoms with Crippen LogP contribution in [0.2, 0.25) is 0 Å². The van der Waals surface area contributed by atoms with Crippen molar-refractivity contribution in [3.05, 3.63) is 0 Å². The lowest BCUT2D eigenvalue weighted by Gasteiger charge is -2.27. The van der Waals surface area contributed by atoms with Gasteiger partial charge in [0.2, 0.25) is 0 Å². The summed E-state index contributed by atoms with van der Waals surface area (Å²) in [4.78, 5) is 2.65. The largest absolute Gasteiger partial charge is 0.330 e. The van der Waals surface area contributed by atoms with Crippen molar-refractivity contribution in [3.8, 4) is 0 Å². The minimum Gasteiger partial charge on any atom is -0.330 e. The van der Waals surface area contributed by atoms with Crippen LogP contribution in [0.15, 0.2) is 0 Å². The van der Waals surface area contributed by atoms with Crippen LogP contribution in [0.25, 0.3) is 0 Å². The second-order valence-corrected chi connectivity index (χ2v) is 7.27. The Hall–Kier alpha value is -0.0800. The molecule has 0 aromatic rings. The van der Waals surface area contributed by atoms with Crippen molar-refractivity contribution in [2.24, 2.45) is 29.4 Å². The first-order valence-corrected chi connectivity index (χ1v) is 8.29. The Labute approximate surface area is 122 Å². The van der Waals surface area contributed by atoms with E-state index in [2.05, 4.69) is 46.4 Å². The van der Waals surface area contributed by atoms with Gasteiger partial charge in [0.15, 0.2) is 0 Å². The standard InChI is InChI=1S/C17H38N2/c1-14(2)12-19(13-15(3)4)11-7-8-17(9-10-18)16(5)6/h14-17H,7-13,18H2,1-6H3. The molecule has 0 saturated carbocycles. The lowest BCUT2D eigenvalue weighted by Crippen LogP contribution is -2.32. The summed E-state index contributed by atoms with van der Waals surface area (Å²) in [7, 11) is 0. The summed E-state index contributed by atoms with van der Waals surface area (Å²) < 4.78 is 0. The molecular weight excluding hydrogens is 232 g/mol. The van der Waals surface area contributed by atoms with Gasteiger partial charge >= 0.3 is 0 Å². The quantitative estimate of drug-likeness (QED) is 0.615. The summed E-state index contributed by atoms with van der Waals surface area (Å²) in [6, 6.07) is 0. The minimum absolute atomic E-state index is 0.767. The topological polar surface area (TPSA) is 29.3 Å². The molecule has 0 aliphatic carbocycles. The van der Waals surface area contributed by atoms with Crippen LogP contribution in [-0.2, 0) is 0 Å². The molecule has 0 aromatic carbocycles. The van der Waals surface area contributed by atoms with E-state index in [4.69, 9.17) is 5.73 Å². The average Bonchev–Trinajstić information content (AvgIpc) is 2.25. The van der Waals surface area contributed by atoms with Crippen molar-refractivity contribution in [1.82, 2.24) is 4.90 Å². The summed E-state index contributed by atoms with van der Waals surface area (Å²) in [5.41, 5.74) is 5.72. The van der Waals surface area contributed by atoms with Crippen LogP contribution >= 0.6 is 0 Å². The van der Waals surface area contributed by atoms with Gasteiger partial charge in [-0.15, -0.1) is 0 Å². The van der Waals surface area contributed by atoms with Crippen LogP contribution in [0.5, 0.6) is 0 Å². The first-order chi connectivity index (χ1) is 8.86. The van der Waals surface area contributed by atoms with E-state index in [9.17, 15) is 0 Å². The highest BCUT2D eigenvalue weighted by molar-refractivity contribution is 4.67. The zero-order chi connectivity index (χ0) is 14.8. The van der Waals surface area contributed by atoms with E-state index in [0.717, 1.165) is 30.2 Å². The van der Waals surface area contributed by atoms with Gasteiger partial charge in [-0.2, -0.15) is 0 Å². The maximum Gasteiger partial charge on any atom is 0.000449 e. The van der Waals surface area contributed by atoms with E-state index < -0.39 is 0 Å². The normalized spacial score (nSPS) is 14.1. The predicted molar refractivity (Wildman–Crippen MR) is 87.3 cm³/mol. The highest BCUT2D eigenvalue weighted by Gasteiger charge is 2.14. The third-order valence-corrected chi connectivity index (χ3v) is 3.78. The van der Waals surface area contributed by atoms with Gasteiger partial charge < -0.3 is 10.6 Å². The van der Waals surface area contributed by atoms with E-state index in [1.165, 1.54) is 38.9 Å². The molecule has 2 N–H and O–H groups in total. The fraction of sp³-hybridized carbons (Fsp3) is 1.00. The summed E-state index contributed by atoms with van der Waals surface area (Å²) >= 11 is 0. The van der Waals surface area contributed by atoms with Crippen molar-refractivity contribution < 1.29 is 0 Å². The molecule has 1 atom stereocenters. The third kappa shape index (κ3) is 10.4. The van der Waals surface area contributed by atoms with Gasteiger partial charge in [-0.25, -0.2) is 0 Å². The summed E-state index contributed by atoms with van der Waals surface area (Å²) in [5.74, 6) is 3.12. The summed E-state index contributed by atoms with van der Waals surface area (Å²) in [6.07, 6.45) is 3.84. The highest BCUT2D eigenvalue weighted by atomic mass is 15.1. The first kappa shape index (κ1) is 18.9. The Morgan fingerprint density at radius 3 is 1.74 bits per heavy atom. The number of rotatable bonds is 11. The molecule has 0 fully saturated rings. The summed E-state index contributed by atoms with van der Waals surface area (Å²) in [5, 5.41) is 0. The van der Waals surface area contributed by atoms with Gasteiger partial charge in [-0.1, -0.05) is 41.5 Å². The van der Waals surface area contributed by atoms with E-state index in [-0.39, 0.29) is 0 Å². The molecule has 0 heterocycles. The third-order valence-electron chi connectivity index (χ3n) is 3.78. The molecule has 0 aliphatic heterocycles. The van der Waals surface area contributed by atoms with Crippen LogP contribution < -0.4 is 5.73 Å². The smallest absolute Gasteiger partial charge is 0.000449 e. The monoisotopic (exact) mass is 270 g/mol. The van der Waals surface area contributed by atoms with Crippen molar-refractivity contribution >= 4 is 0 Å². The number of nitrogens with two attached hydrogens (primary N) is 1. The second kappa shape index (κ2) is 10.7. The molecule has 116 valence electrons. The highest BCUT2D eigenvalue weighted by Crippen LogP contribution is 2.20. The van der Waals surface area contributed by atoms with Gasteiger partial charge in [0.1, 0.15) is 0 Å². The molecule has 2 heteroatoms. The zero-order valence-electron chi connectivity index (χ0n) is 14.3. The van der Waals surface area contributed by atoms with E-state index in [0.29, 0.717) is 0 Å². The Morgan fingerprint density at radius 2 is 1.37 bits per heavy atom. The van der Waals surface area contributed by atoms with Gasteiger partial charge in [0.05, 0.1) is 0 Å². The number of hydrogen-bond donors (Lipinski definition) is 1. The molecule has 0 radical (unpaired) electrons. The fourth-order valence-corrected chi connectivity index (χ4v) is 2.89. The molecule has 0 aliphatic rings. The molecular formula is C17H38N2. The molecule has 0 spiro atoms. The lowest BCUT2D eigenvalue weighted by molar-refractivity contribution is 0.205. The molecule has 2 nitrogen and oxygen atoms in total. The average molecular weight is 271 g/mol. The fourth-order valence-electron chi connectivity index (χ4n) is 2.89. The molecule has 0 rings (SSSR count). The molecule has 1 unspecified atom stereocenters. The second-order valence-electron chi connectivity index (χ2n) is 7.27. The van der Waals surface area contributed by atoms with Gasteiger partial charge in [0, 0.05) is 13.1 Å². The van der Waals surface area contributed by atoms with Crippen molar-refractivity contribution in [2.45, 2.75) is 60.8 Å². The van der Waals surface area contributed by atoms with Crippen molar-refractivity contribution in [1.29, 1.82) is 0 Å². The molecule has 0 bridgehead atoms.